The van der Waals surface area contributed by atoms with E-state index in [-0.39, 0.29) is 43.5 Å². The molecule has 0 aliphatic carbocycles. The van der Waals surface area contributed by atoms with Crippen LogP contribution in [0.3, 0.4) is 0 Å². The van der Waals surface area contributed by atoms with Crippen LogP contribution >= 0.6 is 11.3 Å². The SMILES string of the molecule is Cc1nn(CC(=O)Nc2c(C(N)=O)sc3nc(C(F)(F)F)cc(-c4ccco4)c23)cc1[N+](=O)[O-]. The third-order valence-electron chi connectivity index (χ3n) is 4.65. The van der Waals surface area contributed by atoms with E-state index in [0.29, 0.717) is 11.3 Å². The molecule has 4 aromatic heterocycles. The molecule has 15 heteroatoms. The summed E-state index contributed by atoms with van der Waals surface area (Å²) in [6.07, 6.45) is -2.48. The lowest BCUT2D eigenvalue weighted by Gasteiger charge is -2.11. The summed E-state index contributed by atoms with van der Waals surface area (Å²) < 4.78 is 46.6. The highest BCUT2D eigenvalue weighted by Crippen LogP contribution is 2.43. The molecule has 11 nitrogen and oxygen atoms in total. The Morgan fingerprint density at radius 2 is 2.12 bits per heavy atom. The predicted molar refractivity (Wildman–Crippen MR) is 113 cm³/mol. The van der Waals surface area contributed by atoms with Crippen molar-refractivity contribution in [2.75, 3.05) is 5.32 Å². The van der Waals surface area contributed by atoms with Crippen LogP contribution in [0.4, 0.5) is 24.5 Å². The van der Waals surface area contributed by atoms with Crippen molar-refractivity contribution in [3.05, 3.63) is 57.0 Å². The maximum absolute atomic E-state index is 13.4. The summed E-state index contributed by atoms with van der Waals surface area (Å²) in [5.41, 5.74) is 3.76. The molecule has 0 aliphatic rings. The number of carbonyl (C=O) groups is 2. The van der Waals surface area contributed by atoms with Gasteiger partial charge in [-0.15, -0.1) is 11.3 Å². The molecular weight excluding hydrogens is 481 g/mol. The molecule has 0 atom stereocenters. The molecule has 0 radical (unpaired) electrons. The number of carbonyl (C=O) groups excluding carboxylic acids is 2. The molecule has 0 spiro atoms. The summed E-state index contributed by atoms with van der Waals surface area (Å²) in [7, 11) is 0. The summed E-state index contributed by atoms with van der Waals surface area (Å²) >= 11 is 0.579. The van der Waals surface area contributed by atoms with Crippen LogP contribution in [0.1, 0.15) is 21.1 Å². The van der Waals surface area contributed by atoms with Crippen LogP contribution in [-0.2, 0) is 17.5 Å². The van der Waals surface area contributed by atoms with E-state index in [1.54, 1.807) is 0 Å². The molecule has 0 saturated carbocycles. The number of hydrogen-bond donors (Lipinski definition) is 2. The lowest BCUT2D eigenvalue weighted by atomic mass is 10.1. The van der Waals surface area contributed by atoms with E-state index in [1.807, 2.05) is 0 Å². The molecule has 4 heterocycles. The Kier molecular flexibility index (Phi) is 5.56. The van der Waals surface area contributed by atoms with E-state index in [0.717, 1.165) is 16.9 Å². The summed E-state index contributed by atoms with van der Waals surface area (Å²) in [4.78, 5) is 38.3. The zero-order chi connectivity index (χ0) is 24.8. The quantitative estimate of drug-likeness (QED) is 0.305. The number of amides is 2. The molecule has 176 valence electrons. The lowest BCUT2D eigenvalue weighted by Crippen LogP contribution is -2.21. The lowest BCUT2D eigenvalue weighted by molar-refractivity contribution is -0.385. The molecule has 34 heavy (non-hydrogen) atoms. The second-order valence-electron chi connectivity index (χ2n) is 6.98. The summed E-state index contributed by atoms with van der Waals surface area (Å²) in [6, 6.07) is 3.61. The van der Waals surface area contributed by atoms with Crippen LogP contribution in [0.15, 0.2) is 35.1 Å². The molecular formula is C19H13F3N6O5S. The van der Waals surface area contributed by atoms with Gasteiger partial charge in [0.05, 0.1) is 16.9 Å². The highest BCUT2D eigenvalue weighted by atomic mass is 32.1. The number of nitrogens with two attached hydrogens (primary N) is 1. The molecule has 0 bridgehead atoms. The Morgan fingerprint density at radius 3 is 2.68 bits per heavy atom. The zero-order valence-corrected chi connectivity index (χ0v) is 17.9. The van der Waals surface area contributed by atoms with E-state index in [4.69, 9.17) is 10.2 Å². The Morgan fingerprint density at radius 1 is 1.38 bits per heavy atom. The van der Waals surface area contributed by atoms with Gasteiger partial charge in [0.25, 0.3) is 5.91 Å². The van der Waals surface area contributed by atoms with E-state index in [2.05, 4.69) is 15.4 Å². The van der Waals surface area contributed by atoms with Gasteiger partial charge in [-0.1, -0.05) is 0 Å². The minimum absolute atomic E-state index is 0.0257. The second-order valence-corrected chi connectivity index (χ2v) is 7.98. The van der Waals surface area contributed by atoms with Crippen molar-refractivity contribution >= 4 is 44.7 Å². The summed E-state index contributed by atoms with van der Waals surface area (Å²) in [5.74, 6) is -1.71. The number of pyridine rings is 1. The van der Waals surface area contributed by atoms with Crippen molar-refractivity contribution in [3.63, 3.8) is 0 Å². The van der Waals surface area contributed by atoms with Gasteiger partial charge in [0, 0.05) is 10.9 Å². The van der Waals surface area contributed by atoms with Gasteiger partial charge in [0.15, 0.2) is 0 Å². The van der Waals surface area contributed by atoms with Crippen LogP contribution in [0.25, 0.3) is 21.5 Å². The number of furan rings is 1. The topological polar surface area (TPSA) is 159 Å². The minimum atomic E-state index is -4.79. The molecule has 0 unspecified atom stereocenters. The predicted octanol–water partition coefficient (Wildman–Crippen LogP) is 3.73. The van der Waals surface area contributed by atoms with Gasteiger partial charge >= 0.3 is 11.9 Å². The average Bonchev–Trinajstić information content (AvgIpc) is 3.46. The molecule has 0 saturated heterocycles. The number of aryl methyl sites for hydroxylation is 1. The molecule has 3 N–H and O–H groups in total. The number of thiophene rings is 1. The number of aromatic nitrogens is 3. The fourth-order valence-corrected chi connectivity index (χ4v) is 4.26. The number of hydrogen-bond acceptors (Lipinski definition) is 8. The van der Waals surface area contributed by atoms with Crippen LogP contribution < -0.4 is 11.1 Å². The van der Waals surface area contributed by atoms with Crippen molar-refractivity contribution < 1.29 is 32.1 Å². The highest BCUT2D eigenvalue weighted by Gasteiger charge is 2.35. The Bertz CT molecular complexity index is 1440. The highest BCUT2D eigenvalue weighted by molar-refractivity contribution is 7.21. The van der Waals surface area contributed by atoms with Gasteiger partial charge in [-0.3, -0.25) is 24.4 Å². The second kappa shape index (κ2) is 8.26. The first-order chi connectivity index (χ1) is 16.0. The Balaban J connectivity index is 1.82. The number of nitrogens with zero attached hydrogens (tertiary/aromatic N) is 4. The van der Waals surface area contributed by atoms with Crippen molar-refractivity contribution in [1.82, 2.24) is 14.8 Å². The first-order valence-corrected chi connectivity index (χ1v) is 10.1. The molecule has 0 fully saturated rings. The van der Waals surface area contributed by atoms with Gasteiger partial charge in [0.1, 0.15) is 39.6 Å². The van der Waals surface area contributed by atoms with Crippen LogP contribution in [0.2, 0.25) is 0 Å². The van der Waals surface area contributed by atoms with Gasteiger partial charge in [-0.2, -0.15) is 18.3 Å². The zero-order valence-electron chi connectivity index (χ0n) is 17.0. The third-order valence-corrected chi connectivity index (χ3v) is 5.75. The molecule has 0 aliphatic heterocycles. The number of rotatable bonds is 6. The molecule has 4 aromatic rings. The fourth-order valence-electron chi connectivity index (χ4n) is 3.26. The molecule has 0 aromatic carbocycles. The van der Waals surface area contributed by atoms with E-state index >= 15 is 0 Å². The van der Waals surface area contributed by atoms with Crippen molar-refractivity contribution in [2.45, 2.75) is 19.6 Å². The van der Waals surface area contributed by atoms with Gasteiger partial charge in [-0.05, 0) is 25.1 Å². The minimum Gasteiger partial charge on any atom is -0.464 e. The van der Waals surface area contributed by atoms with E-state index in [1.165, 1.54) is 25.3 Å². The Labute approximate surface area is 191 Å². The monoisotopic (exact) mass is 494 g/mol. The largest absolute Gasteiger partial charge is 0.464 e. The van der Waals surface area contributed by atoms with Crippen molar-refractivity contribution in [2.24, 2.45) is 5.73 Å². The smallest absolute Gasteiger partial charge is 0.433 e. The number of nitrogens with one attached hydrogen (secondary N) is 1. The first-order valence-electron chi connectivity index (χ1n) is 9.32. The van der Waals surface area contributed by atoms with Gasteiger partial charge < -0.3 is 15.5 Å². The summed E-state index contributed by atoms with van der Waals surface area (Å²) in [6.45, 7) is 0.915. The van der Waals surface area contributed by atoms with E-state index < -0.39 is 35.2 Å². The first kappa shape index (κ1) is 22.9. The normalized spacial score (nSPS) is 11.6. The summed E-state index contributed by atoms with van der Waals surface area (Å²) in [5, 5.41) is 17.4. The number of primary amides is 1. The van der Waals surface area contributed by atoms with Crippen LogP contribution in [-0.4, -0.2) is 31.5 Å². The number of halogens is 3. The number of alkyl halides is 3. The number of nitro groups is 1. The fraction of sp³-hybridized carbons (Fsp3) is 0.158. The van der Waals surface area contributed by atoms with Crippen LogP contribution in [0, 0.1) is 17.0 Å². The van der Waals surface area contributed by atoms with Crippen LogP contribution in [0.5, 0.6) is 0 Å². The van der Waals surface area contributed by atoms with Crippen molar-refractivity contribution in [1.29, 1.82) is 0 Å². The maximum Gasteiger partial charge on any atom is 0.433 e. The number of anilines is 1. The maximum atomic E-state index is 13.4. The van der Waals surface area contributed by atoms with Gasteiger partial charge in [0.2, 0.25) is 5.91 Å². The van der Waals surface area contributed by atoms with Gasteiger partial charge in [-0.25, -0.2) is 4.98 Å². The third kappa shape index (κ3) is 4.19. The average molecular weight is 494 g/mol. The molecule has 2 amide bonds. The van der Waals surface area contributed by atoms with Crippen molar-refractivity contribution in [3.8, 4) is 11.3 Å². The Hall–Kier alpha value is -4.27. The number of fused-ring (bicyclic) bond motifs is 1. The standard InChI is InChI=1S/C19H13F3N6O5S/c1-8-10(28(31)32)6-27(26-8)7-13(29)25-15-14-9(11-3-2-4-33-11)5-12(19(20,21)22)24-18(14)34-16(15)17(23)30/h2-6H,7H2,1H3,(H2,23,30)(H,25,29). The van der Waals surface area contributed by atoms with E-state index in [9.17, 15) is 32.9 Å². The molecule has 4 rings (SSSR count).